The van der Waals surface area contributed by atoms with Crippen molar-refractivity contribution in [3.8, 4) is 5.75 Å². The molecule has 20 heavy (non-hydrogen) atoms. The molecule has 4 heteroatoms. The number of hydrogen-bond acceptors (Lipinski definition) is 3. The van der Waals surface area contributed by atoms with Crippen molar-refractivity contribution in [2.75, 3.05) is 18.9 Å². The van der Waals surface area contributed by atoms with Crippen molar-refractivity contribution in [1.29, 1.82) is 0 Å². The molecule has 0 spiro atoms. The van der Waals surface area contributed by atoms with Gasteiger partial charge in [0.05, 0.1) is 0 Å². The molecular formula is C16H26NO2P. The van der Waals surface area contributed by atoms with Crippen molar-refractivity contribution in [1.82, 2.24) is 0 Å². The van der Waals surface area contributed by atoms with Crippen LogP contribution in [-0.4, -0.2) is 18.9 Å². The van der Waals surface area contributed by atoms with E-state index >= 15 is 0 Å². The first-order valence-electron chi connectivity index (χ1n) is 7.75. The first-order valence-corrected chi connectivity index (χ1v) is 9.74. The van der Waals surface area contributed by atoms with E-state index in [0.29, 0.717) is 18.6 Å². The molecule has 0 saturated heterocycles. The summed E-state index contributed by atoms with van der Waals surface area (Å²) in [6.07, 6.45) is 8.37. The Morgan fingerprint density at radius 1 is 1.15 bits per heavy atom. The minimum atomic E-state index is -2.61. The third-order valence-corrected chi connectivity index (χ3v) is 6.59. The molecule has 0 heterocycles. The smallest absolute Gasteiger partial charge is 0.248 e. The van der Waals surface area contributed by atoms with Crippen LogP contribution >= 0.6 is 7.37 Å². The average Bonchev–Trinajstić information content (AvgIpc) is 2.47. The molecule has 1 fully saturated rings. The summed E-state index contributed by atoms with van der Waals surface area (Å²) in [4.78, 5) is 0. The fraction of sp³-hybridized carbons (Fsp3) is 0.625. The zero-order chi connectivity index (χ0) is 14.3. The second-order valence-corrected chi connectivity index (χ2v) is 8.40. The van der Waals surface area contributed by atoms with Crippen molar-refractivity contribution in [3.63, 3.8) is 0 Å². The molecule has 1 unspecified atom stereocenters. The normalized spacial score (nSPS) is 19.4. The van der Waals surface area contributed by atoms with Crippen LogP contribution in [-0.2, 0) is 4.57 Å². The van der Waals surface area contributed by atoms with Crippen molar-refractivity contribution in [2.45, 2.75) is 38.5 Å². The Bertz CT molecular complexity index is 429. The van der Waals surface area contributed by atoms with E-state index in [1.807, 2.05) is 30.3 Å². The van der Waals surface area contributed by atoms with E-state index in [9.17, 15) is 4.57 Å². The zero-order valence-electron chi connectivity index (χ0n) is 12.2. The van der Waals surface area contributed by atoms with Crippen LogP contribution in [0.1, 0.15) is 38.5 Å². The first-order chi connectivity index (χ1) is 9.72. The van der Waals surface area contributed by atoms with E-state index in [2.05, 4.69) is 0 Å². The molecule has 1 aromatic carbocycles. The van der Waals surface area contributed by atoms with Gasteiger partial charge in [0, 0.05) is 12.3 Å². The highest BCUT2D eigenvalue weighted by Crippen LogP contribution is 2.50. The lowest BCUT2D eigenvalue weighted by atomic mass is 9.91. The van der Waals surface area contributed by atoms with Crippen LogP contribution in [0.3, 0.4) is 0 Å². The molecule has 0 aromatic heterocycles. The quantitative estimate of drug-likeness (QED) is 0.764. The van der Waals surface area contributed by atoms with E-state index in [1.54, 1.807) is 0 Å². The van der Waals surface area contributed by atoms with Gasteiger partial charge in [-0.2, -0.15) is 0 Å². The Labute approximate surface area is 122 Å². The topological polar surface area (TPSA) is 52.3 Å². The monoisotopic (exact) mass is 295 g/mol. The molecule has 3 nitrogen and oxygen atoms in total. The molecule has 0 amide bonds. The van der Waals surface area contributed by atoms with Crippen LogP contribution in [0.4, 0.5) is 0 Å². The number of hydrogen-bond donors (Lipinski definition) is 1. The zero-order valence-corrected chi connectivity index (χ0v) is 13.1. The lowest BCUT2D eigenvalue weighted by Crippen LogP contribution is -2.16. The van der Waals surface area contributed by atoms with Crippen LogP contribution in [0.2, 0.25) is 0 Å². The van der Waals surface area contributed by atoms with E-state index in [-0.39, 0.29) is 0 Å². The van der Waals surface area contributed by atoms with E-state index in [4.69, 9.17) is 10.3 Å². The summed E-state index contributed by atoms with van der Waals surface area (Å²) >= 11 is 0. The molecule has 1 saturated carbocycles. The van der Waals surface area contributed by atoms with Gasteiger partial charge >= 0.3 is 0 Å². The Balaban J connectivity index is 2.01. The fourth-order valence-electron chi connectivity index (χ4n) is 2.94. The highest BCUT2D eigenvalue weighted by Gasteiger charge is 2.29. The second kappa shape index (κ2) is 7.85. The largest absolute Gasteiger partial charge is 0.443 e. The van der Waals surface area contributed by atoms with Gasteiger partial charge in [-0.05, 0) is 43.9 Å². The van der Waals surface area contributed by atoms with Crippen LogP contribution in [0, 0.1) is 5.92 Å². The van der Waals surface area contributed by atoms with E-state index in [0.717, 1.165) is 18.3 Å². The third kappa shape index (κ3) is 4.96. The minimum Gasteiger partial charge on any atom is -0.443 e. The lowest BCUT2D eigenvalue weighted by molar-refractivity contribution is 0.373. The maximum Gasteiger partial charge on any atom is 0.248 e. The molecule has 2 N–H and O–H groups in total. The van der Waals surface area contributed by atoms with Crippen molar-refractivity contribution in [2.24, 2.45) is 11.7 Å². The number of nitrogens with two attached hydrogens (primary N) is 1. The predicted octanol–water partition coefficient (Wildman–Crippen LogP) is 4.27. The van der Waals surface area contributed by atoms with Gasteiger partial charge in [0.1, 0.15) is 5.75 Å². The van der Waals surface area contributed by atoms with Crippen molar-refractivity contribution >= 4 is 7.37 Å². The number of benzene rings is 1. The lowest BCUT2D eigenvalue weighted by Gasteiger charge is -2.27. The van der Waals surface area contributed by atoms with Gasteiger partial charge in [0.25, 0.3) is 0 Å². The summed E-state index contributed by atoms with van der Waals surface area (Å²) in [6, 6.07) is 9.55. The van der Waals surface area contributed by atoms with Gasteiger partial charge in [-0.1, -0.05) is 37.5 Å². The minimum absolute atomic E-state index is 0.566. The van der Waals surface area contributed by atoms with Crippen LogP contribution in [0.15, 0.2) is 30.3 Å². The van der Waals surface area contributed by atoms with Gasteiger partial charge in [-0.15, -0.1) is 0 Å². The second-order valence-electron chi connectivity index (χ2n) is 5.77. The van der Waals surface area contributed by atoms with Gasteiger partial charge < -0.3 is 10.3 Å². The van der Waals surface area contributed by atoms with Gasteiger partial charge in [0.15, 0.2) is 0 Å². The SMILES string of the molecule is NCCCP(=O)(CC1CCCCC1)Oc1ccccc1. The molecule has 112 valence electrons. The van der Waals surface area contributed by atoms with Crippen LogP contribution < -0.4 is 10.3 Å². The molecule has 0 aliphatic heterocycles. The predicted molar refractivity (Wildman–Crippen MR) is 84.7 cm³/mol. The van der Waals surface area contributed by atoms with Crippen molar-refractivity contribution < 1.29 is 9.09 Å². The summed E-state index contributed by atoms with van der Waals surface area (Å²) < 4.78 is 19.0. The molecule has 1 aliphatic carbocycles. The average molecular weight is 295 g/mol. The highest BCUT2D eigenvalue weighted by molar-refractivity contribution is 7.59. The standard InChI is InChI=1S/C16H26NO2P/c17-12-7-13-20(18,14-15-8-3-1-4-9-15)19-16-10-5-2-6-11-16/h2,5-6,10-11,15H,1,3-4,7-9,12-14,17H2. The molecule has 1 aliphatic rings. The van der Waals surface area contributed by atoms with Crippen LogP contribution in [0.5, 0.6) is 5.75 Å². The van der Waals surface area contributed by atoms with Gasteiger partial charge in [-0.25, -0.2) is 0 Å². The molecule has 2 rings (SSSR count). The molecule has 0 bridgehead atoms. The van der Waals surface area contributed by atoms with Crippen LogP contribution in [0.25, 0.3) is 0 Å². The van der Waals surface area contributed by atoms with Gasteiger partial charge in [0.2, 0.25) is 7.37 Å². The summed E-state index contributed by atoms with van der Waals surface area (Å²) in [5.41, 5.74) is 5.59. The highest BCUT2D eigenvalue weighted by atomic mass is 31.2. The Kier molecular flexibility index (Phi) is 6.12. The van der Waals surface area contributed by atoms with E-state index in [1.165, 1.54) is 32.1 Å². The Morgan fingerprint density at radius 3 is 2.50 bits per heavy atom. The Hall–Kier alpha value is -0.790. The number of rotatable bonds is 7. The first kappa shape index (κ1) is 15.6. The van der Waals surface area contributed by atoms with Gasteiger partial charge in [-0.3, -0.25) is 4.57 Å². The fourth-order valence-corrected chi connectivity index (χ4v) is 5.61. The molecule has 1 atom stereocenters. The summed E-state index contributed by atoms with van der Waals surface area (Å²) in [7, 11) is -2.61. The molecule has 0 radical (unpaired) electrons. The third-order valence-electron chi connectivity index (χ3n) is 3.98. The number of para-hydroxylation sites is 1. The molecule has 1 aromatic rings. The van der Waals surface area contributed by atoms with E-state index < -0.39 is 7.37 Å². The molecular weight excluding hydrogens is 269 g/mol. The summed E-state index contributed by atoms with van der Waals surface area (Å²) in [5, 5.41) is 0. The maximum atomic E-state index is 13.1. The Morgan fingerprint density at radius 2 is 1.85 bits per heavy atom. The summed E-state index contributed by atoms with van der Waals surface area (Å²) in [6.45, 7) is 0.576. The maximum absolute atomic E-state index is 13.1. The summed E-state index contributed by atoms with van der Waals surface area (Å²) in [5.74, 6) is 1.29. The van der Waals surface area contributed by atoms with Crippen molar-refractivity contribution in [3.05, 3.63) is 30.3 Å².